The molecule has 0 N–H and O–H groups in total. The van der Waals surface area contributed by atoms with E-state index in [1.165, 1.54) is 0 Å². The molecule has 1 fully saturated rings. The Morgan fingerprint density at radius 1 is 1.50 bits per heavy atom. The Hall–Kier alpha value is -0.650. The summed E-state index contributed by atoms with van der Waals surface area (Å²) >= 11 is 6.17. The second-order valence-electron chi connectivity index (χ2n) is 5.89. The highest BCUT2D eigenvalue weighted by molar-refractivity contribution is 6.20. The smallest absolute Gasteiger partial charge is 0.100 e. The highest BCUT2D eigenvalue weighted by Crippen LogP contribution is 2.21. The van der Waals surface area contributed by atoms with Crippen LogP contribution >= 0.6 is 11.6 Å². The summed E-state index contributed by atoms with van der Waals surface area (Å²) < 4.78 is 7.68. The van der Waals surface area contributed by atoms with Crippen LogP contribution in [0.5, 0.6) is 0 Å². The molecule has 1 aliphatic heterocycles. The summed E-state index contributed by atoms with van der Waals surface area (Å²) in [4.78, 5) is 2.47. The molecule has 2 rings (SSSR count). The SMILES string of the molecule is CCC(Cl)c1cn(CC2CN(CC(C)C)CCO2)nn1. The van der Waals surface area contributed by atoms with E-state index in [4.69, 9.17) is 16.3 Å². The normalized spacial score (nSPS) is 22.4. The minimum Gasteiger partial charge on any atom is -0.374 e. The first-order valence-corrected chi connectivity index (χ1v) is 7.90. The quantitative estimate of drug-likeness (QED) is 0.756. The summed E-state index contributed by atoms with van der Waals surface area (Å²) in [6, 6.07) is 0. The fourth-order valence-corrected chi connectivity index (χ4v) is 2.64. The summed E-state index contributed by atoms with van der Waals surface area (Å²) in [7, 11) is 0. The molecule has 1 saturated heterocycles. The minimum atomic E-state index is -0.0477. The molecule has 6 heteroatoms. The molecule has 2 atom stereocenters. The van der Waals surface area contributed by atoms with Gasteiger partial charge < -0.3 is 4.74 Å². The van der Waals surface area contributed by atoms with Crippen molar-refractivity contribution in [3.05, 3.63) is 11.9 Å². The van der Waals surface area contributed by atoms with E-state index in [2.05, 4.69) is 29.1 Å². The number of hydrogen-bond acceptors (Lipinski definition) is 4. The van der Waals surface area contributed by atoms with Crippen LogP contribution in [0.3, 0.4) is 0 Å². The van der Waals surface area contributed by atoms with Crippen molar-refractivity contribution in [1.82, 2.24) is 19.9 Å². The third-order valence-corrected chi connectivity index (χ3v) is 4.00. The maximum atomic E-state index is 6.17. The average Bonchev–Trinajstić information content (AvgIpc) is 2.86. The van der Waals surface area contributed by atoms with Crippen molar-refractivity contribution in [2.45, 2.75) is 45.2 Å². The van der Waals surface area contributed by atoms with Gasteiger partial charge in [-0.2, -0.15) is 0 Å². The first-order chi connectivity index (χ1) is 9.58. The molecule has 20 heavy (non-hydrogen) atoms. The highest BCUT2D eigenvalue weighted by Gasteiger charge is 2.22. The van der Waals surface area contributed by atoms with Gasteiger partial charge in [-0.25, -0.2) is 4.68 Å². The first-order valence-electron chi connectivity index (χ1n) is 7.46. The fourth-order valence-electron chi connectivity index (χ4n) is 2.54. The maximum Gasteiger partial charge on any atom is 0.100 e. The highest BCUT2D eigenvalue weighted by atomic mass is 35.5. The molecule has 1 aromatic heterocycles. The van der Waals surface area contributed by atoms with Crippen molar-refractivity contribution in [2.75, 3.05) is 26.2 Å². The van der Waals surface area contributed by atoms with Gasteiger partial charge in [-0.1, -0.05) is 26.0 Å². The monoisotopic (exact) mass is 300 g/mol. The number of hydrogen-bond donors (Lipinski definition) is 0. The lowest BCUT2D eigenvalue weighted by Crippen LogP contribution is -2.45. The van der Waals surface area contributed by atoms with E-state index in [1.807, 2.05) is 17.8 Å². The number of alkyl halides is 1. The molecular weight excluding hydrogens is 276 g/mol. The Morgan fingerprint density at radius 2 is 2.30 bits per heavy atom. The maximum absolute atomic E-state index is 6.17. The summed E-state index contributed by atoms with van der Waals surface area (Å²) in [5, 5.41) is 8.23. The molecule has 0 spiro atoms. The predicted molar refractivity (Wildman–Crippen MR) is 79.9 cm³/mol. The number of aromatic nitrogens is 3. The van der Waals surface area contributed by atoms with E-state index in [0.717, 1.165) is 44.9 Å². The summed E-state index contributed by atoms with van der Waals surface area (Å²) in [5.41, 5.74) is 0.851. The van der Waals surface area contributed by atoms with Crippen LogP contribution in [-0.2, 0) is 11.3 Å². The second kappa shape index (κ2) is 7.38. The Bertz CT molecular complexity index is 410. The molecule has 0 aromatic carbocycles. The molecule has 0 bridgehead atoms. The van der Waals surface area contributed by atoms with Crippen molar-refractivity contribution < 1.29 is 4.74 Å². The van der Waals surface area contributed by atoms with Crippen molar-refractivity contribution in [2.24, 2.45) is 5.92 Å². The van der Waals surface area contributed by atoms with E-state index in [0.29, 0.717) is 5.92 Å². The molecule has 0 radical (unpaired) electrons. The van der Waals surface area contributed by atoms with Crippen LogP contribution in [-0.4, -0.2) is 52.2 Å². The lowest BCUT2D eigenvalue weighted by molar-refractivity contribution is -0.0406. The van der Waals surface area contributed by atoms with Gasteiger partial charge in [0.05, 0.1) is 30.8 Å². The van der Waals surface area contributed by atoms with Gasteiger partial charge in [0.2, 0.25) is 0 Å². The lowest BCUT2D eigenvalue weighted by atomic mass is 10.2. The Labute approximate surface area is 126 Å². The third-order valence-electron chi connectivity index (χ3n) is 3.47. The summed E-state index contributed by atoms with van der Waals surface area (Å²) in [6.45, 7) is 11.2. The Kier molecular flexibility index (Phi) is 5.81. The zero-order valence-corrected chi connectivity index (χ0v) is 13.4. The largest absolute Gasteiger partial charge is 0.374 e. The van der Waals surface area contributed by atoms with Crippen molar-refractivity contribution in [3.8, 4) is 0 Å². The zero-order chi connectivity index (χ0) is 14.5. The van der Waals surface area contributed by atoms with Crippen LogP contribution in [0.25, 0.3) is 0 Å². The van der Waals surface area contributed by atoms with Crippen LogP contribution in [0.4, 0.5) is 0 Å². The molecule has 0 amide bonds. The lowest BCUT2D eigenvalue weighted by Gasteiger charge is -2.33. The van der Waals surface area contributed by atoms with Crippen LogP contribution in [0.1, 0.15) is 38.3 Å². The molecule has 114 valence electrons. The fraction of sp³-hybridized carbons (Fsp3) is 0.857. The minimum absolute atomic E-state index is 0.0477. The molecule has 2 heterocycles. The van der Waals surface area contributed by atoms with Crippen LogP contribution < -0.4 is 0 Å². The second-order valence-corrected chi connectivity index (χ2v) is 6.41. The first kappa shape index (κ1) is 15.7. The summed E-state index contributed by atoms with van der Waals surface area (Å²) in [6.07, 6.45) is 2.99. The van der Waals surface area contributed by atoms with Crippen molar-refractivity contribution >= 4 is 11.6 Å². The summed E-state index contributed by atoms with van der Waals surface area (Å²) in [5.74, 6) is 0.688. The predicted octanol–water partition coefficient (Wildman–Crippen LogP) is 2.32. The number of ether oxygens (including phenoxy) is 1. The molecule has 0 saturated carbocycles. The van der Waals surface area contributed by atoms with Gasteiger partial charge in [0.15, 0.2) is 0 Å². The van der Waals surface area contributed by atoms with Gasteiger partial charge in [0, 0.05) is 19.6 Å². The number of halogens is 1. The van der Waals surface area contributed by atoms with Gasteiger partial charge in [0.25, 0.3) is 0 Å². The van der Waals surface area contributed by atoms with Gasteiger partial charge in [-0.3, -0.25) is 4.90 Å². The molecule has 1 aromatic rings. The van der Waals surface area contributed by atoms with Crippen molar-refractivity contribution in [1.29, 1.82) is 0 Å². The van der Waals surface area contributed by atoms with E-state index in [-0.39, 0.29) is 11.5 Å². The molecule has 0 aliphatic carbocycles. The van der Waals surface area contributed by atoms with E-state index in [1.54, 1.807) is 0 Å². The van der Waals surface area contributed by atoms with Crippen LogP contribution in [0.2, 0.25) is 0 Å². The van der Waals surface area contributed by atoms with Gasteiger partial charge in [0.1, 0.15) is 5.69 Å². The standard InChI is InChI=1S/C14H25ClN4O/c1-4-13(15)14-10-19(17-16-14)9-12-8-18(5-6-20-12)7-11(2)3/h10-13H,4-9H2,1-3H3. The van der Waals surface area contributed by atoms with Gasteiger partial charge >= 0.3 is 0 Å². The zero-order valence-electron chi connectivity index (χ0n) is 12.6. The Balaban J connectivity index is 1.87. The van der Waals surface area contributed by atoms with E-state index >= 15 is 0 Å². The molecule has 5 nitrogen and oxygen atoms in total. The third kappa shape index (κ3) is 4.43. The molecule has 2 unspecified atom stereocenters. The molecular formula is C14H25ClN4O. The molecule has 1 aliphatic rings. The number of nitrogens with zero attached hydrogens (tertiary/aromatic N) is 4. The van der Waals surface area contributed by atoms with Gasteiger partial charge in [-0.15, -0.1) is 16.7 Å². The van der Waals surface area contributed by atoms with Gasteiger partial charge in [-0.05, 0) is 12.3 Å². The van der Waals surface area contributed by atoms with Crippen LogP contribution in [0.15, 0.2) is 6.20 Å². The Morgan fingerprint density at radius 3 is 3.00 bits per heavy atom. The topological polar surface area (TPSA) is 43.2 Å². The van der Waals surface area contributed by atoms with Crippen LogP contribution in [0, 0.1) is 5.92 Å². The van der Waals surface area contributed by atoms with E-state index < -0.39 is 0 Å². The number of rotatable bonds is 6. The van der Waals surface area contributed by atoms with Crippen molar-refractivity contribution in [3.63, 3.8) is 0 Å². The number of morpholine rings is 1. The average molecular weight is 301 g/mol. The van der Waals surface area contributed by atoms with E-state index in [9.17, 15) is 0 Å².